The molecule has 1 rings (SSSR count). The van der Waals surface area contributed by atoms with Gasteiger partial charge in [-0.15, -0.1) is 0 Å². The smallest absolute Gasteiger partial charge is 0.119 e. The first-order valence-corrected chi connectivity index (χ1v) is 7.25. The fraction of sp³-hybridized carbons (Fsp3) is 0.929. The molecule has 0 fully saturated rings. The van der Waals surface area contributed by atoms with Crippen molar-refractivity contribution in [1.29, 1.82) is 0 Å². The van der Waals surface area contributed by atoms with Gasteiger partial charge in [0.1, 0.15) is 12.5 Å². The zero-order valence-corrected chi connectivity index (χ0v) is 12.0. The van der Waals surface area contributed by atoms with Crippen molar-refractivity contribution in [2.75, 3.05) is 13.1 Å². The minimum atomic E-state index is 0.517. The molecule has 1 aliphatic rings. The molecule has 0 radical (unpaired) electrons. The molecule has 17 heavy (non-hydrogen) atoms. The van der Waals surface area contributed by atoms with Crippen LogP contribution in [0, 0.1) is 5.92 Å². The van der Waals surface area contributed by atoms with Crippen LogP contribution in [0.5, 0.6) is 0 Å². The van der Waals surface area contributed by atoms with Crippen molar-refractivity contribution in [2.24, 2.45) is 11.0 Å². The zero-order chi connectivity index (χ0) is 12.7. The Morgan fingerprint density at radius 3 is 2.47 bits per heavy atom. The van der Waals surface area contributed by atoms with E-state index in [0.29, 0.717) is 12.1 Å². The summed E-state index contributed by atoms with van der Waals surface area (Å²) < 4.78 is 0. The number of unbranched alkanes of at least 4 members (excludes halogenated alkanes) is 2. The van der Waals surface area contributed by atoms with Crippen LogP contribution in [0.15, 0.2) is 5.10 Å². The summed E-state index contributed by atoms with van der Waals surface area (Å²) in [5.41, 5.74) is 0. The van der Waals surface area contributed by atoms with Crippen LogP contribution >= 0.6 is 0 Å². The third kappa shape index (κ3) is 4.57. The zero-order valence-electron chi connectivity index (χ0n) is 12.0. The van der Waals surface area contributed by atoms with E-state index in [2.05, 4.69) is 49.0 Å². The van der Waals surface area contributed by atoms with Crippen LogP contribution < -0.4 is 0 Å². The Bertz CT molecular complexity index is 226. The lowest BCUT2D eigenvalue weighted by molar-refractivity contribution is 0.111. The van der Waals surface area contributed by atoms with E-state index in [-0.39, 0.29) is 0 Å². The van der Waals surface area contributed by atoms with Gasteiger partial charge in [-0.25, -0.2) is 0 Å². The van der Waals surface area contributed by atoms with Crippen LogP contribution in [0.4, 0.5) is 0 Å². The number of hydrazone groups is 1. The van der Waals surface area contributed by atoms with Crippen molar-refractivity contribution in [3.05, 3.63) is 0 Å². The summed E-state index contributed by atoms with van der Waals surface area (Å²) in [5, 5.41) is 6.87. The molecule has 0 aromatic carbocycles. The van der Waals surface area contributed by atoms with Crippen molar-refractivity contribution in [3.8, 4) is 0 Å². The predicted molar refractivity (Wildman–Crippen MR) is 75.0 cm³/mol. The standard InChI is InChI=1S/C14H29N3/c1-5-7-9-14-16(11-13(3)4)12-15-17(14)10-8-6-2/h12-14H,5-11H2,1-4H3. The molecule has 3 nitrogen and oxygen atoms in total. The van der Waals surface area contributed by atoms with Crippen molar-refractivity contribution < 1.29 is 0 Å². The number of hydrogen-bond acceptors (Lipinski definition) is 3. The average molecular weight is 239 g/mol. The van der Waals surface area contributed by atoms with Gasteiger partial charge in [-0.05, 0) is 25.2 Å². The van der Waals surface area contributed by atoms with E-state index in [1.807, 2.05) is 0 Å². The van der Waals surface area contributed by atoms with Gasteiger partial charge in [-0.2, -0.15) is 5.10 Å². The summed E-state index contributed by atoms with van der Waals surface area (Å²) >= 11 is 0. The lowest BCUT2D eigenvalue weighted by Gasteiger charge is -2.31. The first-order valence-electron chi connectivity index (χ1n) is 7.25. The van der Waals surface area contributed by atoms with E-state index in [4.69, 9.17) is 0 Å². The van der Waals surface area contributed by atoms with Crippen LogP contribution in [0.1, 0.15) is 59.8 Å². The highest BCUT2D eigenvalue weighted by Crippen LogP contribution is 2.20. The Morgan fingerprint density at radius 1 is 1.18 bits per heavy atom. The molecule has 100 valence electrons. The fourth-order valence-corrected chi connectivity index (χ4v) is 2.28. The molecule has 1 aliphatic heterocycles. The van der Waals surface area contributed by atoms with Gasteiger partial charge in [0.15, 0.2) is 0 Å². The Kier molecular flexibility index (Phi) is 6.38. The van der Waals surface area contributed by atoms with Gasteiger partial charge in [0.2, 0.25) is 0 Å². The largest absolute Gasteiger partial charge is 0.339 e. The summed E-state index contributed by atoms with van der Waals surface area (Å²) in [6.45, 7) is 11.3. The number of nitrogens with zero attached hydrogens (tertiary/aromatic N) is 3. The van der Waals surface area contributed by atoms with Crippen LogP contribution in [0.25, 0.3) is 0 Å². The summed E-state index contributed by atoms with van der Waals surface area (Å²) in [6, 6.07) is 0. The van der Waals surface area contributed by atoms with Crippen LogP contribution in [0.3, 0.4) is 0 Å². The maximum Gasteiger partial charge on any atom is 0.119 e. The molecular formula is C14H29N3. The normalized spacial score (nSPS) is 19.7. The fourth-order valence-electron chi connectivity index (χ4n) is 2.28. The van der Waals surface area contributed by atoms with E-state index >= 15 is 0 Å². The maximum atomic E-state index is 4.58. The van der Waals surface area contributed by atoms with E-state index in [1.165, 1.54) is 32.1 Å². The molecule has 0 N–H and O–H groups in total. The van der Waals surface area contributed by atoms with Gasteiger partial charge < -0.3 is 4.90 Å². The van der Waals surface area contributed by atoms with E-state index < -0.39 is 0 Å². The molecule has 0 aromatic heterocycles. The molecule has 0 bridgehead atoms. The first kappa shape index (κ1) is 14.3. The SMILES string of the molecule is CCCCC1N(CC(C)C)C=NN1CCCC. The van der Waals surface area contributed by atoms with Gasteiger partial charge in [-0.3, -0.25) is 5.01 Å². The molecular weight excluding hydrogens is 210 g/mol. The summed E-state index contributed by atoms with van der Waals surface area (Å²) in [6.07, 6.45) is 8.87. The summed E-state index contributed by atoms with van der Waals surface area (Å²) in [4.78, 5) is 2.43. The second-order valence-electron chi connectivity index (χ2n) is 5.46. The number of hydrogen-bond donors (Lipinski definition) is 0. The minimum absolute atomic E-state index is 0.517. The van der Waals surface area contributed by atoms with Crippen molar-refractivity contribution in [2.45, 2.75) is 66.0 Å². The quantitative estimate of drug-likeness (QED) is 0.645. The topological polar surface area (TPSA) is 18.8 Å². The van der Waals surface area contributed by atoms with Crippen LogP contribution in [0.2, 0.25) is 0 Å². The van der Waals surface area contributed by atoms with Crippen molar-refractivity contribution in [1.82, 2.24) is 9.91 Å². The van der Waals surface area contributed by atoms with Gasteiger partial charge >= 0.3 is 0 Å². The van der Waals surface area contributed by atoms with E-state index in [9.17, 15) is 0 Å². The van der Waals surface area contributed by atoms with E-state index in [1.54, 1.807) is 0 Å². The van der Waals surface area contributed by atoms with Gasteiger partial charge in [0.25, 0.3) is 0 Å². The molecule has 0 aliphatic carbocycles. The lowest BCUT2D eigenvalue weighted by atomic mass is 10.1. The monoisotopic (exact) mass is 239 g/mol. The van der Waals surface area contributed by atoms with Crippen LogP contribution in [-0.4, -0.2) is 35.5 Å². The third-order valence-electron chi connectivity index (χ3n) is 3.21. The molecule has 0 amide bonds. The first-order chi connectivity index (χ1) is 8.19. The molecule has 0 saturated carbocycles. The maximum absolute atomic E-state index is 4.58. The Hall–Kier alpha value is -0.730. The molecule has 1 heterocycles. The van der Waals surface area contributed by atoms with Crippen molar-refractivity contribution >= 4 is 6.34 Å². The Labute approximate surface area is 107 Å². The second-order valence-corrected chi connectivity index (χ2v) is 5.46. The molecule has 1 atom stereocenters. The molecule has 0 saturated heterocycles. The van der Waals surface area contributed by atoms with Gasteiger partial charge in [0.05, 0.1) is 0 Å². The van der Waals surface area contributed by atoms with Crippen molar-refractivity contribution in [3.63, 3.8) is 0 Å². The number of rotatable bonds is 8. The average Bonchev–Trinajstić information content (AvgIpc) is 2.65. The third-order valence-corrected chi connectivity index (χ3v) is 3.21. The summed E-state index contributed by atoms with van der Waals surface area (Å²) in [5.74, 6) is 0.705. The minimum Gasteiger partial charge on any atom is -0.339 e. The molecule has 0 aromatic rings. The highest BCUT2D eigenvalue weighted by molar-refractivity contribution is 5.57. The van der Waals surface area contributed by atoms with Crippen LogP contribution in [-0.2, 0) is 0 Å². The van der Waals surface area contributed by atoms with E-state index in [0.717, 1.165) is 13.1 Å². The highest BCUT2D eigenvalue weighted by Gasteiger charge is 2.26. The lowest BCUT2D eigenvalue weighted by Crippen LogP contribution is -2.41. The highest BCUT2D eigenvalue weighted by atomic mass is 15.6. The summed E-state index contributed by atoms with van der Waals surface area (Å²) in [7, 11) is 0. The van der Waals surface area contributed by atoms with Gasteiger partial charge in [-0.1, -0.05) is 40.5 Å². The predicted octanol–water partition coefficient (Wildman–Crippen LogP) is 3.52. The second kappa shape index (κ2) is 7.57. The Morgan fingerprint density at radius 2 is 1.88 bits per heavy atom. The molecule has 3 heteroatoms. The Balaban J connectivity index is 2.50. The molecule has 1 unspecified atom stereocenters. The van der Waals surface area contributed by atoms with Gasteiger partial charge in [0, 0.05) is 13.1 Å². The molecule has 0 spiro atoms.